The molecule has 3 atom stereocenters. The molecule has 7 heteroatoms. The molecule has 0 saturated heterocycles. The van der Waals surface area contributed by atoms with Crippen LogP contribution in [-0.4, -0.2) is 47.0 Å². The maximum Gasteiger partial charge on any atom is 0.408 e. The average Bonchev–Trinajstić information content (AvgIpc) is 2.84. The number of benzene rings is 1. The molecular formula is C31H49N3O4. The highest BCUT2D eigenvalue weighted by Gasteiger charge is 2.34. The van der Waals surface area contributed by atoms with Gasteiger partial charge in [-0.15, -0.1) is 6.42 Å². The van der Waals surface area contributed by atoms with Crippen LogP contribution in [0.1, 0.15) is 117 Å². The second-order valence-corrected chi connectivity index (χ2v) is 11.0. The predicted octanol–water partition coefficient (Wildman–Crippen LogP) is 6.12. The maximum atomic E-state index is 13.8. The lowest BCUT2D eigenvalue weighted by Crippen LogP contribution is -2.52. The highest BCUT2D eigenvalue weighted by Crippen LogP contribution is 2.25. The van der Waals surface area contributed by atoms with Gasteiger partial charge in [0, 0.05) is 18.2 Å². The number of hydrogen-bond acceptors (Lipinski definition) is 4. The topological polar surface area (TPSA) is 87.7 Å². The monoisotopic (exact) mass is 527 g/mol. The van der Waals surface area contributed by atoms with E-state index in [2.05, 4.69) is 30.4 Å². The lowest BCUT2D eigenvalue weighted by atomic mass is 10.00. The highest BCUT2D eigenvalue weighted by atomic mass is 16.6. The summed E-state index contributed by atoms with van der Waals surface area (Å²) in [6.07, 6.45) is 12.9. The molecule has 38 heavy (non-hydrogen) atoms. The van der Waals surface area contributed by atoms with Gasteiger partial charge in [0.2, 0.25) is 11.8 Å². The van der Waals surface area contributed by atoms with Gasteiger partial charge in [-0.1, -0.05) is 70.4 Å². The van der Waals surface area contributed by atoms with E-state index in [9.17, 15) is 14.4 Å². The van der Waals surface area contributed by atoms with Crippen molar-refractivity contribution in [3.63, 3.8) is 0 Å². The third kappa shape index (κ3) is 12.0. The molecule has 7 nitrogen and oxygen atoms in total. The van der Waals surface area contributed by atoms with E-state index in [1.165, 1.54) is 6.42 Å². The molecule has 3 amide bonds. The van der Waals surface area contributed by atoms with Crippen molar-refractivity contribution in [2.24, 2.45) is 0 Å². The van der Waals surface area contributed by atoms with Crippen molar-refractivity contribution in [2.45, 2.75) is 124 Å². The van der Waals surface area contributed by atoms with Gasteiger partial charge in [0.25, 0.3) is 0 Å². The lowest BCUT2D eigenvalue weighted by Gasteiger charge is -2.34. The molecule has 0 aliphatic rings. The number of ether oxygens (including phenoxy) is 1. The van der Waals surface area contributed by atoms with Gasteiger partial charge in [-0.3, -0.25) is 9.59 Å². The molecule has 2 N–H and O–H groups in total. The largest absolute Gasteiger partial charge is 0.444 e. The van der Waals surface area contributed by atoms with Crippen molar-refractivity contribution in [1.82, 2.24) is 15.5 Å². The van der Waals surface area contributed by atoms with Gasteiger partial charge in [0.15, 0.2) is 0 Å². The Hall–Kier alpha value is -3.01. The summed E-state index contributed by atoms with van der Waals surface area (Å²) in [5.41, 5.74) is 0.678. The number of carbonyl (C=O) groups excluding carboxylic acids is 3. The third-order valence-electron chi connectivity index (χ3n) is 6.20. The Kier molecular flexibility index (Phi) is 14.6. The Bertz CT molecular complexity index is 915. The van der Waals surface area contributed by atoms with E-state index in [0.29, 0.717) is 17.7 Å². The molecule has 212 valence electrons. The number of nitrogens with one attached hydrogen (secondary N) is 2. The van der Waals surface area contributed by atoms with Crippen molar-refractivity contribution in [3.8, 4) is 12.3 Å². The second-order valence-electron chi connectivity index (χ2n) is 11.0. The molecule has 1 rings (SSSR count). The molecule has 0 aliphatic carbocycles. The van der Waals surface area contributed by atoms with Crippen molar-refractivity contribution in [2.75, 3.05) is 6.54 Å². The molecule has 0 saturated carbocycles. The summed E-state index contributed by atoms with van der Waals surface area (Å²) < 4.78 is 5.35. The summed E-state index contributed by atoms with van der Waals surface area (Å²) in [6.45, 7) is 13.5. The van der Waals surface area contributed by atoms with Crippen LogP contribution in [-0.2, 0) is 14.3 Å². The van der Waals surface area contributed by atoms with E-state index >= 15 is 0 Å². The Morgan fingerprint density at radius 1 is 0.947 bits per heavy atom. The van der Waals surface area contributed by atoms with Crippen molar-refractivity contribution in [1.29, 1.82) is 0 Å². The molecule has 1 aromatic rings. The van der Waals surface area contributed by atoms with E-state index < -0.39 is 23.8 Å². The Balaban J connectivity index is 3.31. The van der Waals surface area contributed by atoms with Gasteiger partial charge in [0.05, 0.1) is 0 Å². The van der Waals surface area contributed by atoms with Crippen LogP contribution in [0.25, 0.3) is 0 Å². The number of carbonyl (C=O) groups is 3. The minimum Gasteiger partial charge on any atom is -0.444 e. The maximum absolute atomic E-state index is 13.8. The fourth-order valence-electron chi connectivity index (χ4n) is 4.29. The lowest BCUT2D eigenvalue weighted by molar-refractivity contribution is -0.142. The average molecular weight is 528 g/mol. The highest BCUT2D eigenvalue weighted by molar-refractivity contribution is 5.92. The molecule has 1 aromatic carbocycles. The number of unbranched alkanes of at least 4 members (excludes halogenated alkanes) is 5. The fourth-order valence-corrected chi connectivity index (χ4v) is 4.29. The first-order valence-corrected chi connectivity index (χ1v) is 14.1. The molecule has 0 heterocycles. The van der Waals surface area contributed by atoms with Crippen LogP contribution in [0.5, 0.6) is 0 Å². The minimum atomic E-state index is -0.877. The van der Waals surface area contributed by atoms with Gasteiger partial charge >= 0.3 is 6.09 Å². The number of amides is 3. The summed E-state index contributed by atoms with van der Waals surface area (Å²) in [4.78, 5) is 41.5. The molecule has 0 fully saturated rings. The Labute approximate surface area is 230 Å². The summed E-state index contributed by atoms with van der Waals surface area (Å²) in [7, 11) is 0. The van der Waals surface area contributed by atoms with Gasteiger partial charge in [-0.2, -0.15) is 0 Å². The number of hydrogen-bond donors (Lipinski definition) is 2. The molecule has 0 spiro atoms. The smallest absolute Gasteiger partial charge is 0.408 e. The van der Waals surface area contributed by atoms with E-state index in [0.717, 1.165) is 44.9 Å². The SMILES string of the molecule is C#Cc1ccc(C(C(=O)NC(C)CCC)N(CCCCCCCC)C(=O)C(C)NC(=O)OC(C)(C)C)cc1. The van der Waals surface area contributed by atoms with Gasteiger partial charge in [0.1, 0.15) is 17.7 Å². The quantitative estimate of drug-likeness (QED) is 0.213. The van der Waals surface area contributed by atoms with Crippen LogP contribution in [0, 0.1) is 12.3 Å². The number of rotatable bonds is 15. The molecule has 3 unspecified atom stereocenters. The summed E-state index contributed by atoms with van der Waals surface area (Å²) >= 11 is 0. The molecular weight excluding hydrogens is 478 g/mol. The van der Waals surface area contributed by atoms with Crippen LogP contribution in [0.2, 0.25) is 0 Å². The van der Waals surface area contributed by atoms with Crippen LogP contribution in [0.4, 0.5) is 4.79 Å². The van der Waals surface area contributed by atoms with Crippen LogP contribution in [0.3, 0.4) is 0 Å². The van der Waals surface area contributed by atoms with Gasteiger partial charge in [-0.05, 0) is 65.2 Å². The molecule has 0 aliphatic heterocycles. The van der Waals surface area contributed by atoms with Crippen molar-refractivity contribution < 1.29 is 19.1 Å². The zero-order chi connectivity index (χ0) is 28.7. The third-order valence-corrected chi connectivity index (χ3v) is 6.20. The fraction of sp³-hybridized carbons (Fsp3) is 0.645. The van der Waals surface area contributed by atoms with Gasteiger partial charge in [-0.25, -0.2) is 4.79 Å². The van der Waals surface area contributed by atoms with Crippen molar-refractivity contribution >= 4 is 17.9 Å². The summed E-state index contributed by atoms with van der Waals surface area (Å²) in [5, 5.41) is 5.74. The number of alkyl carbamates (subject to hydrolysis) is 1. The summed E-state index contributed by atoms with van der Waals surface area (Å²) in [6, 6.07) is 5.39. The summed E-state index contributed by atoms with van der Waals surface area (Å²) in [5.74, 6) is 2.01. The van der Waals surface area contributed by atoms with Crippen LogP contribution < -0.4 is 10.6 Å². The number of nitrogens with zero attached hydrogens (tertiary/aromatic N) is 1. The van der Waals surface area contributed by atoms with Gasteiger partial charge < -0.3 is 20.3 Å². The first kappa shape index (κ1) is 33.0. The standard InChI is InChI=1S/C31H49N3O4/c1-9-12-13-14-15-16-22-34(29(36)24(5)33-30(37)38-31(6,7)8)27(28(35)32-23(4)17-10-2)26-20-18-25(11-3)19-21-26/h3,18-21,23-24,27H,9-10,12-17,22H2,1-2,4-8H3,(H,32,35)(H,33,37). The number of terminal acetylenes is 1. The normalized spacial score (nSPS) is 13.5. The zero-order valence-electron chi connectivity index (χ0n) is 24.6. The molecule has 0 radical (unpaired) electrons. The molecule has 0 bridgehead atoms. The predicted molar refractivity (Wildman–Crippen MR) is 154 cm³/mol. The minimum absolute atomic E-state index is 0.0386. The van der Waals surface area contributed by atoms with E-state index in [4.69, 9.17) is 11.2 Å². The second kappa shape index (κ2) is 16.8. The van der Waals surface area contributed by atoms with E-state index in [1.54, 1.807) is 56.9 Å². The Morgan fingerprint density at radius 3 is 2.11 bits per heavy atom. The van der Waals surface area contributed by atoms with Crippen LogP contribution in [0.15, 0.2) is 24.3 Å². The first-order valence-electron chi connectivity index (χ1n) is 14.1. The van der Waals surface area contributed by atoms with Crippen LogP contribution >= 0.6 is 0 Å². The van der Waals surface area contributed by atoms with E-state index in [1.807, 2.05) is 6.92 Å². The zero-order valence-corrected chi connectivity index (χ0v) is 24.6. The van der Waals surface area contributed by atoms with E-state index in [-0.39, 0.29) is 17.9 Å². The molecule has 0 aromatic heterocycles. The Morgan fingerprint density at radius 2 is 1.55 bits per heavy atom. The first-order chi connectivity index (χ1) is 17.9. The van der Waals surface area contributed by atoms with Crippen molar-refractivity contribution in [3.05, 3.63) is 35.4 Å².